The minimum Gasteiger partial charge on any atom is -0.358 e. The Balaban J connectivity index is 1.71. The maximum absolute atomic E-state index is 12.9. The predicted molar refractivity (Wildman–Crippen MR) is 101 cm³/mol. The molecule has 5 nitrogen and oxygen atoms in total. The van der Waals surface area contributed by atoms with E-state index < -0.39 is 9.84 Å². The molecule has 3 aromatic rings. The van der Waals surface area contributed by atoms with Crippen LogP contribution in [0.2, 0.25) is 0 Å². The maximum atomic E-state index is 12.9. The molecule has 1 atom stereocenters. The zero-order chi connectivity index (χ0) is 18.5. The van der Waals surface area contributed by atoms with Gasteiger partial charge in [-0.05, 0) is 43.5 Å². The van der Waals surface area contributed by atoms with Crippen LogP contribution in [0.3, 0.4) is 0 Å². The van der Waals surface area contributed by atoms with E-state index in [0.717, 1.165) is 22.2 Å². The lowest BCUT2D eigenvalue weighted by atomic mass is 10.0. The molecule has 26 heavy (non-hydrogen) atoms. The van der Waals surface area contributed by atoms with Crippen LogP contribution in [0.1, 0.15) is 39.6 Å². The number of H-pyrrole nitrogens is 1. The number of rotatable bonds is 2. The van der Waals surface area contributed by atoms with E-state index >= 15 is 0 Å². The van der Waals surface area contributed by atoms with Crippen LogP contribution in [-0.2, 0) is 9.84 Å². The molecule has 2 N–H and O–H groups in total. The average Bonchev–Trinajstić information content (AvgIpc) is 2.92. The summed E-state index contributed by atoms with van der Waals surface area (Å²) >= 11 is 0. The first-order chi connectivity index (χ1) is 12.4. The minimum atomic E-state index is -3.27. The summed E-state index contributed by atoms with van der Waals surface area (Å²) in [5.74, 6) is -0.157. The average molecular weight is 368 g/mol. The molecule has 2 heterocycles. The summed E-state index contributed by atoms with van der Waals surface area (Å²) in [6.45, 7) is 4.01. The van der Waals surface area contributed by atoms with Gasteiger partial charge in [0.1, 0.15) is 0 Å². The summed E-state index contributed by atoms with van der Waals surface area (Å²) in [5, 5.41) is 4.06. The fourth-order valence-corrected chi connectivity index (χ4v) is 5.27. The quantitative estimate of drug-likeness (QED) is 0.727. The van der Waals surface area contributed by atoms with Crippen LogP contribution >= 0.6 is 0 Å². The second kappa shape index (κ2) is 5.99. The molecular weight excluding hydrogens is 348 g/mol. The van der Waals surface area contributed by atoms with Crippen molar-refractivity contribution in [2.45, 2.75) is 31.2 Å². The van der Waals surface area contributed by atoms with Crippen molar-refractivity contribution in [2.75, 3.05) is 5.75 Å². The Kier molecular flexibility index (Phi) is 3.88. The summed E-state index contributed by atoms with van der Waals surface area (Å²) < 4.78 is 24.5. The van der Waals surface area contributed by atoms with Gasteiger partial charge in [-0.2, -0.15) is 0 Å². The summed E-state index contributed by atoms with van der Waals surface area (Å²) in [6.07, 6.45) is 0.379. The molecule has 0 fully saturated rings. The van der Waals surface area contributed by atoms with Gasteiger partial charge in [-0.1, -0.05) is 30.3 Å². The van der Waals surface area contributed by atoms with E-state index in [-0.39, 0.29) is 17.7 Å². The number of para-hydroxylation sites is 1. The molecule has 0 bridgehead atoms. The van der Waals surface area contributed by atoms with Crippen molar-refractivity contribution in [3.8, 4) is 0 Å². The summed E-state index contributed by atoms with van der Waals surface area (Å²) in [5.41, 5.74) is 4.22. The fraction of sp³-hybridized carbons (Fsp3) is 0.250. The monoisotopic (exact) mass is 368 g/mol. The molecule has 1 aliphatic heterocycles. The van der Waals surface area contributed by atoms with E-state index in [4.69, 9.17) is 0 Å². The van der Waals surface area contributed by atoms with Crippen molar-refractivity contribution in [3.05, 3.63) is 64.8 Å². The van der Waals surface area contributed by atoms with Gasteiger partial charge in [0.2, 0.25) is 0 Å². The molecule has 0 aliphatic carbocycles. The van der Waals surface area contributed by atoms with Gasteiger partial charge in [0.15, 0.2) is 9.84 Å². The number of nitrogens with one attached hydrogen (secondary N) is 2. The molecule has 1 aliphatic rings. The Morgan fingerprint density at radius 1 is 1.12 bits per heavy atom. The zero-order valence-corrected chi connectivity index (χ0v) is 15.5. The SMILES string of the molecule is Cc1[nH]c2c(C(=O)N[C@H]3CCS(=O)(=O)c4ccccc43)cccc2c1C. The van der Waals surface area contributed by atoms with E-state index in [0.29, 0.717) is 22.4 Å². The van der Waals surface area contributed by atoms with Crippen LogP contribution in [0.15, 0.2) is 47.4 Å². The molecule has 0 saturated carbocycles. The minimum absolute atomic E-state index is 0.0415. The number of sulfone groups is 1. The molecule has 0 saturated heterocycles. The maximum Gasteiger partial charge on any atom is 0.253 e. The highest BCUT2D eigenvalue weighted by atomic mass is 32.2. The zero-order valence-electron chi connectivity index (χ0n) is 14.7. The Hall–Kier alpha value is -2.60. The van der Waals surface area contributed by atoms with E-state index in [1.807, 2.05) is 26.0 Å². The van der Waals surface area contributed by atoms with Gasteiger partial charge in [0.25, 0.3) is 5.91 Å². The topological polar surface area (TPSA) is 79.0 Å². The number of fused-ring (bicyclic) bond motifs is 2. The van der Waals surface area contributed by atoms with Crippen LogP contribution < -0.4 is 5.32 Å². The van der Waals surface area contributed by atoms with Crippen molar-refractivity contribution in [2.24, 2.45) is 0 Å². The lowest BCUT2D eigenvalue weighted by Gasteiger charge is -2.26. The van der Waals surface area contributed by atoms with Gasteiger partial charge in [-0.15, -0.1) is 0 Å². The predicted octanol–water partition coefficient (Wildman–Crippen LogP) is 3.43. The second-order valence-corrected chi connectivity index (χ2v) is 8.85. The first-order valence-corrected chi connectivity index (χ1v) is 10.2. The molecule has 1 amide bonds. The van der Waals surface area contributed by atoms with E-state index in [1.165, 1.54) is 0 Å². The first kappa shape index (κ1) is 16.8. The van der Waals surface area contributed by atoms with Crippen LogP contribution in [0.25, 0.3) is 10.9 Å². The number of amides is 1. The number of aromatic nitrogens is 1. The number of benzene rings is 2. The molecule has 134 valence electrons. The van der Waals surface area contributed by atoms with E-state index in [9.17, 15) is 13.2 Å². The summed E-state index contributed by atoms with van der Waals surface area (Å²) in [6, 6.07) is 12.3. The van der Waals surface area contributed by atoms with Gasteiger partial charge in [0.05, 0.1) is 27.8 Å². The van der Waals surface area contributed by atoms with Gasteiger partial charge < -0.3 is 10.3 Å². The second-order valence-electron chi connectivity index (χ2n) is 6.77. The molecule has 0 radical (unpaired) electrons. The standard InChI is InChI=1S/C20H20N2O3S/c1-12-13(2)21-19-14(12)7-5-8-16(19)20(23)22-17-10-11-26(24,25)18-9-4-3-6-15(17)18/h3-9,17,21H,10-11H2,1-2H3,(H,22,23)/t17-/m0/s1. The number of carbonyl (C=O) groups excluding carboxylic acids is 1. The van der Waals surface area contributed by atoms with Crippen molar-refractivity contribution in [3.63, 3.8) is 0 Å². The van der Waals surface area contributed by atoms with E-state index in [2.05, 4.69) is 10.3 Å². The van der Waals surface area contributed by atoms with Crippen LogP contribution in [0.4, 0.5) is 0 Å². The fourth-order valence-electron chi connectivity index (χ4n) is 3.65. The van der Waals surface area contributed by atoms with Gasteiger partial charge in [-0.25, -0.2) is 8.42 Å². The normalized spacial score (nSPS) is 18.5. The lowest BCUT2D eigenvalue weighted by molar-refractivity contribution is 0.0936. The number of aromatic amines is 1. The molecule has 4 rings (SSSR count). The molecule has 6 heteroatoms. The Morgan fingerprint density at radius 2 is 1.88 bits per heavy atom. The van der Waals surface area contributed by atoms with Crippen LogP contribution in [0, 0.1) is 13.8 Å². The van der Waals surface area contributed by atoms with Gasteiger partial charge in [-0.3, -0.25) is 4.79 Å². The third-order valence-electron chi connectivity index (χ3n) is 5.20. The highest BCUT2D eigenvalue weighted by Crippen LogP contribution is 2.32. The van der Waals surface area contributed by atoms with Gasteiger partial charge in [0, 0.05) is 11.1 Å². The van der Waals surface area contributed by atoms with Crippen LogP contribution in [-0.4, -0.2) is 25.1 Å². The number of hydrogen-bond acceptors (Lipinski definition) is 3. The summed E-state index contributed by atoms with van der Waals surface area (Å²) in [7, 11) is -3.27. The Bertz CT molecular complexity index is 1130. The largest absolute Gasteiger partial charge is 0.358 e. The molecule has 2 aromatic carbocycles. The Morgan fingerprint density at radius 3 is 2.69 bits per heavy atom. The number of aryl methyl sites for hydroxylation is 2. The Labute approximate surface area is 152 Å². The van der Waals surface area contributed by atoms with E-state index in [1.54, 1.807) is 30.3 Å². The first-order valence-electron chi connectivity index (χ1n) is 8.59. The van der Waals surface area contributed by atoms with Crippen molar-refractivity contribution in [1.29, 1.82) is 0 Å². The smallest absolute Gasteiger partial charge is 0.253 e. The molecule has 0 spiro atoms. The highest BCUT2D eigenvalue weighted by molar-refractivity contribution is 7.91. The van der Waals surface area contributed by atoms with Gasteiger partial charge >= 0.3 is 0 Å². The third kappa shape index (κ3) is 2.61. The highest BCUT2D eigenvalue weighted by Gasteiger charge is 2.31. The molecule has 1 aromatic heterocycles. The third-order valence-corrected chi connectivity index (χ3v) is 7.01. The number of carbonyl (C=O) groups is 1. The van der Waals surface area contributed by atoms with Crippen molar-refractivity contribution >= 4 is 26.6 Å². The lowest BCUT2D eigenvalue weighted by Crippen LogP contribution is -2.34. The van der Waals surface area contributed by atoms with Crippen molar-refractivity contribution in [1.82, 2.24) is 10.3 Å². The van der Waals surface area contributed by atoms with Crippen LogP contribution in [0.5, 0.6) is 0 Å². The van der Waals surface area contributed by atoms with Crippen molar-refractivity contribution < 1.29 is 13.2 Å². The molecular formula is C20H20N2O3S. The molecule has 0 unspecified atom stereocenters. The number of hydrogen-bond donors (Lipinski definition) is 2. The summed E-state index contributed by atoms with van der Waals surface area (Å²) in [4.78, 5) is 16.5.